The lowest BCUT2D eigenvalue weighted by molar-refractivity contribution is 0.612. The summed E-state index contributed by atoms with van der Waals surface area (Å²) in [6.07, 6.45) is 0.972. The number of nitrogens with one attached hydrogen (secondary N) is 1. The van der Waals surface area contributed by atoms with Crippen molar-refractivity contribution in [3.8, 4) is 6.07 Å². The molecule has 0 aliphatic carbocycles. The zero-order chi connectivity index (χ0) is 19.7. The van der Waals surface area contributed by atoms with E-state index >= 15 is 0 Å². The van der Waals surface area contributed by atoms with Gasteiger partial charge in [-0.05, 0) is 37.0 Å². The van der Waals surface area contributed by atoms with Gasteiger partial charge in [0.25, 0.3) is 5.56 Å². The number of hydrogen-bond donors (Lipinski definition) is 1. The number of aromatic nitrogens is 2. The fraction of sp³-hybridized carbons (Fsp3) is 0.421. The molecule has 2 aromatic rings. The maximum absolute atomic E-state index is 12.2. The lowest BCUT2D eigenvalue weighted by Crippen LogP contribution is -2.40. The van der Waals surface area contributed by atoms with E-state index in [0.717, 1.165) is 29.8 Å². The summed E-state index contributed by atoms with van der Waals surface area (Å²) in [5.41, 5.74) is 1.23. The lowest BCUT2D eigenvalue weighted by atomic mass is 10.1. The normalized spacial score (nSPS) is 16.4. The van der Waals surface area contributed by atoms with Crippen molar-refractivity contribution >= 4 is 23.1 Å². The molecule has 7 nitrogen and oxygen atoms in total. The molecule has 0 bridgehead atoms. The van der Waals surface area contributed by atoms with Gasteiger partial charge in [-0.2, -0.15) is 5.26 Å². The van der Waals surface area contributed by atoms with Crippen molar-refractivity contribution in [2.24, 2.45) is 20.0 Å². The number of nitrogens with zero attached hydrogens (tertiary/aromatic N) is 4. The molecule has 1 aliphatic heterocycles. The molecule has 1 atom stereocenters. The third kappa shape index (κ3) is 3.58. The molecule has 1 aromatic carbocycles. The Morgan fingerprint density at radius 2 is 2.04 bits per heavy atom. The van der Waals surface area contributed by atoms with Gasteiger partial charge in [0.05, 0.1) is 0 Å². The molecule has 1 saturated heterocycles. The molecule has 8 heteroatoms. The van der Waals surface area contributed by atoms with E-state index in [1.807, 2.05) is 24.3 Å². The highest BCUT2D eigenvalue weighted by molar-refractivity contribution is 6.30. The Morgan fingerprint density at radius 3 is 2.74 bits per heavy atom. The van der Waals surface area contributed by atoms with Crippen LogP contribution in [0.3, 0.4) is 0 Å². The number of rotatable bonds is 4. The molecule has 1 aliphatic rings. The number of aryl methyl sites for hydroxylation is 1. The van der Waals surface area contributed by atoms with Gasteiger partial charge in [-0.3, -0.25) is 13.9 Å². The highest BCUT2D eigenvalue weighted by Crippen LogP contribution is 2.29. The Kier molecular flexibility index (Phi) is 5.29. The van der Waals surface area contributed by atoms with Gasteiger partial charge >= 0.3 is 5.69 Å². The van der Waals surface area contributed by atoms with Gasteiger partial charge in [0.2, 0.25) is 0 Å². The van der Waals surface area contributed by atoms with E-state index in [2.05, 4.69) is 17.1 Å². The van der Waals surface area contributed by atoms with Crippen LogP contribution in [-0.4, -0.2) is 28.8 Å². The summed E-state index contributed by atoms with van der Waals surface area (Å²) in [6.45, 7) is 4.39. The first-order chi connectivity index (χ1) is 12.8. The molecular weight excluding hydrogens is 366 g/mol. The standard InChI is InChI=1S/C19H22ClN5O2/c1-12-4-5-14(20)8-16(12)25-7-6-13(11-25)10-22-17-15(9-21)18(26)24(3)19(27)23(17)2/h4-5,8,13,22H,6-7,10-11H2,1-3H3. The van der Waals surface area contributed by atoms with Crippen molar-refractivity contribution in [2.45, 2.75) is 13.3 Å². The van der Waals surface area contributed by atoms with Crippen molar-refractivity contribution in [1.29, 1.82) is 5.26 Å². The Balaban J connectivity index is 1.76. The van der Waals surface area contributed by atoms with Gasteiger partial charge in [0.1, 0.15) is 11.9 Å². The minimum Gasteiger partial charge on any atom is -0.371 e. The molecule has 1 N–H and O–H groups in total. The van der Waals surface area contributed by atoms with Crippen LogP contribution < -0.4 is 21.5 Å². The highest BCUT2D eigenvalue weighted by Gasteiger charge is 2.25. The third-order valence-corrected chi connectivity index (χ3v) is 5.37. The first kappa shape index (κ1) is 19.1. The molecule has 0 spiro atoms. The van der Waals surface area contributed by atoms with Crippen LogP contribution in [-0.2, 0) is 14.1 Å². The van der Waals surface area contributed by atoms with Crippen LogP contribution in [0.5, 0.6) is 0 Å². The van der Waals surface area contributed by atoms with Crippen molar-refractivity contribution in [3.63, 3.8) is 0 Å². The third-order valence-electron chi connectivity index (χ3n) is 5.13. The summed E-state index contributed by atoms with van der Waals surface area (Å²) in [7, 11) is 2.93. The fourth-order valence-electron chi connectivity index (χ4n) is 3.53. The van der Waals surface area contributed by atoms with Crippen LogP contribution in [0.4, 0.5) is 11.5 Å². The molecule has 3 rings (SSSR count). The van der Waals surface area contributed by atoms with Crippen LogP contribution in [0, 0.1) is 24.2 Å². The zero-order valence-corrected chi connectivity index (χ0v) is 16.4. The Hall–Kier alpha value is -2.72. The number of benzene rings is 1. The van der Waals surface area contributed by atoms with E-state index in [1.54, 1.807) is 7.05 Å². The second kappa shape index (κ2) is 7.49. The van der Waals surface area contributed by atoms with Crippen molar-refractivity contribution in [1.82, 2.24) is 9.13 Å². The lowest BCUT2D eigenvalue weighted by Gasteiger charge is -2.22. The summed E-state index contributed by atoms with van der Waals surface area (Å²) in [5, 5.41) is 13.2. The van der Waals surface area contributed by atoms with Gasteiger partial charge in [0, 0.05) is 44.4 Å². The largest absolute Gasteiger partial charge is 0.371 e. The van der Waals surface area contributed by atoms with Crippen LogP contribution in [0.2, 0.25) is 5.02 Å². The van der Waals surface area contributed by atoms with Crippen LogP contribution in [0.1, 0.15) is 17.5 Å². The monoisotopic (exact) mass is 387 g/mol. The second-order valence-electron chi connectivity index (χ2n) is 6.95. The van der Waals surface area contributed by atoms with Crippen LogP contribution in [0.25, 0.3) is 0 Å². The quantitative estimate of drug-likeness (QED) is 0.865. The van der Waals surface area contributed by atoms with E-state index < -0.39 is 11.2 Å². The molecule has 0 amide bonds. The smallest absolute Gasteiger partial charge is 0.332 e. The van der Waals surface area contributed by atoms with Crippen molar-refractivity contribution < 1.29 is 0 Å². The molecule has 1 fully saturated rings. The minimum atomic E-state index is -0.578. The number of hydrogen-bond acceptors (Lipinski definition) is 5. The molecular formula is C19H22ClN5O2. The Morgan fingerprint density at radius 1 is 1.30 bits per heavy atom. The fourth-order valence-corrected chi connectivity index (χ4v) is 3.70. The minimum absolute atomic E-state index is 0.0415. The van der Waals surface area contributed by atoms with Gasteiger partial charge < -0.3 is 10.2 Å². The molecule has 27 heavy (non-hydrogen) atoms. The maximum Gasteiger partial charge on any atom is 0.332 e. The number of nitriles is 1. The van der Waals surface area contributed by atoms with Gasteiger partial charge in [-0.15, -0.1) is 0 Å². The summed E-state index contributed by atoms with van der Waals surface area (Å²) in [4.78, 5) is 26.6. The Bertz CT molecular complexity index is 1030. The van der Waals surface area contributed by atoms with Gasteiger partial charge in [-0.25, -0.2) is 4.79 Å². The van der Waals surface area contributed by atoms with Crippen LogP contribution >= 0.6 is 11.6 Å². The first-order valence-electron chi connectivity index (χ1n) is 8.78. The Labute approximate surface area is 162 Å². The molecule has 1 aromatic heterocycles. The van der Waals surface area contributed by atoms with E-state index in [-0.39, 0.29) is 11.4 Å². The average molecular weight is 388 g/mol. The summed E-state index contributed by atoms with van der Waals surface area (Å²) < 4.78 is 2.26. The maximum atomic E-state index is 12.2. The predicted octanol–water partition coefficient (Wildman–Crippen LogP) is 1.86. The molecule has 0 saturated carbocycles. The van der Waals surface area contributed by atoms with E-state index in [1.165, 1.54) is 17.2 Å². The molecule has 0 radical (unpaired) electrons. The summed E-state index contributed by atoms with van der Waals surface area (Å²) >= 11 is 6.13. The number of halogens is 1. The zero-order valence-electron chi connectivity index (χ0n) is 15.6. The first-order valence-corrected chi connectivity index (χ1v) is 9.16. The summed E-state index contributed by atoms with van der Waals surface area (Å²) in [6, 6.07) is 7.79. The topological polar surface area (TPSA) is 83.1 Å². The summed E-state index contributed by atoms with van der Waals surface area (Å²) in [5.74, 6) is 0.608. The molecule has 2 heterocycles. The van der Waals surface area contributed by atoms with Crippen LogP contribution in [0.15, 0.2) is 27.8 Å². The SMILES string of the molecule is Cc1ccc(Cl)cc1N1CCC(CNc2c(C#N)c(=O)n(C)c(=O)n2C)C1. The molecule has 142 valence electrons. The van der Waals surface area contributed by atoms with Crippen molar-refractivity contribution in [2.75, 3.05) is 29.9 Å². The molecule has 1 unspecified atom stereocenters. The van der Waals surface area contributed by atoms with E-state index in [9.17, 15) is 14.9 Å². The van der Waals surface area contributed by atoms with Crippen molar-refractivity contribution in [3.05, 3.63) is 55.2 Å². The average Bonchev–Trinajstić information content (AvgIpc) is 3.12. The van der Waals surface area contributed by atoms with E-state index in [0.29, 0.717) is 17.5 Å². The highest BCUT2D eigenvalue weighted by atomic mass is 35.5. The second-order valence-corrected chi connectivity index (χ2v) is 7.39. The van der Waals surface area contributed by atoms with Gasteiger partial charge in [-0.1, -0.05) is 17.7 Å². The van der Waals surface area contributed by atoms with Gasteiger partial charge in [0.15, 0.2) is 5.56 Å². The van der Waals surface area contributed by atoms with E-state index in [4.69, 9.17) is 11.6 Å². The predicted molar refractivity (Wildman–Crippen MR) is 107 cm³/mol. The number of anilines is 2.